The molecule has 0 bridgehead atoms. The summed E-state index contributed by atoms with van der Waals surface area (Å²) in [6.07, 6.45) is 21.0. The van der Waals surface area contributed by atoms with Crippen molar-refractivity contribution in [1.82, 2.24) is 9.80 Å². The van der Waals surface area contributed by atoms with E-state index in [0.717, 1.165) is 12.5 Å². The summed E-state index contributed by atoms with van der Waals surface area (Å²) < 4.78 is 0. The molecule has 0 amide bonds. The smallest absolute Gasteiger partial charge is 0.0359 e. The summed E-state index contributed by atoms with van der Waals surface area (Å²) in [4.78, 5) is 5.13. The van der Waals surface area contributed by atoms with Gasteiger partial charge in [0.1, 0.15) is 0 Å². The Morgan fingerprint density at radius 1 is 0.875 bits per heavy atom. The van der Waals surface area contributed by atoms with E-state index in [1.807, 2.05) is 0 Å². The molecule has 0 aromatic rings. The fraction of sp³-hybridized carbons (Fsp3) is 0.818. The molecule has 2 aliphatic rings. The highest BCUT2D eigenvalue weighted by Gasteiger charge is 2.14. The van der Waals surface area contributed by atoms with Gasteiger partial charge in [-0.3, -0.25) is 0 Å². The van der Waals surface area contributed by atoms with Gasteiger partial charge >= 0.3 is 0 Å². The van der Waals surface area contributed by atoms with Gasteiger partial charge in [-0.15, -0.1) is 0 Å². The Morgan fingerprint density at radius 3 is 2.04 bits per heavy atom. The van der Waals surface area contributed by atoms with Gasteiger partial charge in [0.05, 0.1) is 0 Å². The first-order valence-corrected chi connectivity index (χ1v) is 10.6. The molecule has 1 fully saturated rings. The van der Waals surface area contributed by atoms with Crippen LogP contribution in [0.1, 0.15) is 78.1 Å². The lowest BCUT2D eigenvalue weighted by Crippen LogP contribution is -2.33. The molecule has 2 heterocycles. The maximum atomic E-state index is 2.69. The number of rotatable bonds is 11. The van der Waals surface area contributed by atoms with Crippen molar-refractivity contribution < 1.29 is 0 Å². The van der Waals surface area contributed by atoms with Crippen LogP contribution in [0.25, 0.3) is 0 Å². The molecule has 0 saturated carbocycles. The molecular weight excluding hydrogens is 292 g/mol. The Morgan fingerprint density at radius 2 is 1.46 bits per heavy atom. The summed E-state index contributed by atoms with van der Waals surface area (Å²) >= 11 is 0. The number of unbranched alkanes of at least 4 members (excludes halogenated alkanes) is 7. The van der Waals surface area contributed by atoms with Gasteiger partial charge in [0.15, 0.2) is 0 Å². The minimum atomic E-state index is 0.966. The second-order valence-corrected chi connectivity index (χ2v) is 8.11. The van der Waals surface area contributed by atoms with Crippen LogP contribution in [0.2, 0.25) is 0 Å². The standard InChI is InChI=1S/C22H40N2/c1-21-11-17-23(18-12-21)15-9-7-5-3-4-6-8-10-16-24-19-13-22(2)14-20-24/h11-12,17,22H,3-10,13-16,18-20H2,1-2H3. The molecule has 2 aliphatic heterocycles. The fourth-order valence-corrected chi connectivity index (χ4v) is 3.78. The maximum absolute atomic E-state index is 2.69. The Bertz CT molecular complexity index is 377. The van der Waals surface area contributed by atoms with Crippen LogP contribution in [0.3, 0.4) is 0 Å². The third-order valence-corrected chi connectivity index (χ3v) is 5.74. The van der Waals surface area contributed by atoms with Gasteiger partial charge in [-0.1, -0.05) is 57.1 Å². The van der Waals surface area contributed by atoms with E-state index < -0.39 is 0 Å². The second kappa shape index (κ2) is 11.7. The zero-order valence-electron chi connectivity index (χ0n) is 16.3. The number of piperidine rings is 1. The molecule has 0 aromatic carbocycles. The van der Waals surface area contributed by atoms with E-state index in [9.17, 15) is 0 Å². The van der Waals surface area contributed by atoms with Crippen molar-refractivity contribution in [1.29, 1.82) is 0 Å². The lowest BCUT2D eigenvalue weighted by Gasteiger charge is -2.30. The Labute approximate surface area is 151 Å². The zero-order valence-corrected chi connectivity index (χ0v) is 16.3. The van der Waals surface area contributed by atoms with Gasteiger partial charge in [0.2, 0.25) is 0 Å². The summed E-state index contributed by atoms with van der Waals surface area (Å²) in [5.74, 6) is 0.966. The van der Waals surface area contributed by atoms with Crippen LogP contribution in [-0.2, 0) is 0 Å². The van der Waals surface area contributed by atoms with Gasteiger partial charge in [-0.25, -0.2) is 0 Å². The summed E-state index contributed by atoms with van der Waals surface area (Å²) in [6.45, 7) is 11.0. The molecular formula is C22H40N2. The van der Waals surface area contributed by atoms with Crippen LogP contribution >= 0.6 is 0 Å². The molecule has 0 spiro atoms. The van der Waals surface area contributed by atoms with Crippen LogP contribution in [0.4, 0.5) is 0 Å². The normalized spacial score (nSPS) is 19.8. The third kappa shape index (κ3) is 8.37. The van der Waals surface area contributed by atoms with Crippen molar-refractivity contribution in [3.63, 3.8) is 0 Å². The predicted octanol–water partition coefficient (Wildman–Crippen LogP) is 5.61. The summed E-state index contributed by atoms with van der Waals surface area (Å²) in [5.41, 5.74) is 1.40. The van der Waals surface area contributed by atoms with Gasteiger partial charge < -0.3 is 9.80 Å². The lowest BCUT2D eigenvalue weighted by atomic mass is 9.99. The molecule has 0 radical (unpaired) electrons. The van der Waals surface area contributed by atoms with E-state index >= 15 is 0 Å². The molecule has 0 N–H and O–H groups in total. The van der Waals surface area contributed by atoms with Crippen molar-refractivity contribution in [3.05, 3.63) is 23.9 Å². The first-order chi connectivity index (χ1) is 11.7. The van der Waals surface area contributed by atoms with Crippen molar-refractivity contribution in [2.75, 3.05) is 32.7 Å². The molecule has 2 heteroatoms. The number of likely N-dealkylation sites (tertiary alicyclic amines) is 1. The Kier molecular flexibility index (Phi) is 9.57. The van der Waals surface area contributed by atoms with Crippen LogP contribution in [0.5, 0.6) is 0 Å². The molecule has 2 nitrogen and oxygen atoms in total. The Hall–Kier alpha value is -0.760. The van der Waals surface area contributed by atoms with E-state index in [0.29, 0.717) is 0 Å². The van der Waals surface area contributed by atoms with E-state index in [1.54, 1.807) is 0 Å². The highest BCUT2D eigenvalue weighted by molar-refractivity contribution is 5.19. The van der Waals surface area contributed by atoms with Crippen LogP contribution in [-0.4, -0.2) is 42.5 Å². The topological polar surface area (TPSA) is 6.48 Å². The van der Waals surface area contributed by atoms with Crippen LogP contribution < -0.4 is 0 Å². The molecule has 2 rings (SSSR count). The zero-order chi connectivity index (χ0) is 17.0. The molecule has 0 aromatic heterocycles. The minimum absolute atomic E-state index is 0.966. The average molecular weight is 333 g/mol. The van der Waals surface area contributed by atoms with Gasteiger partial charge in [0, 0.05) is 13.1 Å². The quantitative estimate of drug-likeness (QED) is 0.453. The molecule has 24 heavy (non-hydrogen) atoms. The van der Waals surface area contributed by atoms with Gasteiger partial charge in [-0.2, -0.15) is 0 Å². The molecule has 138 valence electrons. The first-order valence-electron chi connectivity index (χ1n) is 10.6. The summed E-state index contributed by atoms with van der Waals surface area (Å²) in [6, 6.07) is 0. The highest BCUT2D eigenvalue weighted by atomic mass is 15.1. The van der Waals surface area contributed by atoms with Crippen LogP contribution in [0.15, 0.2) is 23.9 Å². The van der Waals surface area contributed by atoms with E-state index in [2.05, 4.69) is 42.0 Å². The predicted molar refractivity (Wildman–Crippen MR) is 106 cm³/mol. The van der Waals surface area contributed by atoms with E-state index in [-0.39, 0.29) is 0 Å². The Balaban J connectivity index is 1.32. The van der Waals surface area contributed by atoms with Crippen molar-refractivity contribution >= 4 is 0 Å². The molecule has 1 saturated heterocycles. The largest absolute Gasteiger partial charge is 0.374 e. The number of hydrogen-bond acceptors (Lipinski definition) is 2. The third-order valence-electron chi connectivity index (χ3n) is 5.74. The molecule has 0 atom stereocenters. The monoisotopic (exact) mass is 332 g/mol. The summed E-state index contributed by atoms with van der Waals surface area (Å²) in [7, 11) is 0. The van der Waals surface area contributed by atoms with Crippen LogP contribution in [0, 0.1) is 5.92 Å². The summed E-state index contributed by atoms with van der Waals surface area (Å²) in [5, 5.41) is 0. The van der Waals surface area contributed by atoms with Crippen molar-refractivity contribution in [2.24, 2.45) is 5.92 Å². The average Bonchev–Trinajstić information content (AvgIpc) is 2.60. The highest BCUT2D eigenvalue weighted by Crippen LogP contribution is 2.17. The number of nitrogens with zero attached hydrogens (tertiary/aromatic N) is 2. The van der Waals surface area contributed by atoms with Crippen molar-refractivity contribution in [3.8, 4) is 0 Å². The van der Waals surface area contributed by atoms with Gasteiger partial charge in [0.25, 0.3) is 0 Å². The minimum Gasteiger partial charge on any atom is -0.374 e. The fourth-order valence-electron chi connectivity index (χ4n) is 3.78. The first kappa shape index (κ1) is 19.6. The van der Waals surface area contributed by atoms with Gasteiger partial charge in [-0.05, 0) is 70.4 Å². The van der Waals surface area contributed by atoms with E-state index in [4.69, 9.17) is 0 Å². The van der Waals surface area contributed by atoms with Crippen molar-refractivity contribution in [2.45, 2.75) is 78.1 Å². The molecule has 0 aliphatic carbocycles. The number of allylic oxidation sites excluding steroid dienone is 2. The maximum Gasteiger partial charge on any atom is 0.0359 e. The number of hydrogen-bond donors (Lipinski definition) is 0. The lowest BCUT2D eigenvalue weighted by molar-refractivity contribution is 0.189. The van der Waals surface area contributed by atoms with E-state index in [1.165, 1.54) is 96.0 Å². The SMILES string of the molecule is CC1=CCN(CCCCCCCCCCN2CCC(C)CC2)C=C1. The molecule has 0 unspecified atom stereocenters. The second-order valence-electron chi connectivity index (χ2n) is 8.11.